The third-order valence-corrected chi connectivity index (χ3v) is 4.97. The second kappa shape index (κ2) is 5.10. The summed E-state index contributed by atoms with van der Waals surface area (Å²) in [5, 5.41) is 10.00. The summed E-state index contributed by atoms with van der Waals surface area (Å²) in [6.45, 7) is 7.93. The summed E-state index contributed by atoms with van der Waals surface area (Å²) >= 11 is 1.53. The molecule has 2 aromatic rings. The molecule has 0 saturated carbocycles. The van der Waals surface area contributed by atoms with Crippen molar-refractivity contribution in [3.63, 3.8) is 0 Å². The Kier molecular flexibility index (Phi) is 3.19. The molecule has 22 heavy (non-hydrogen) atoms. The van der Waals surface area contributed by atoms with Gasteiger partial charge in [-0.2, -0.15) is 0 Å². The summed E-state index contributed by atoms with van der Waals surface area (Å²) in [4.78, 5) is 14.0. The second-order valence-corrected chi connectivity index (χ2v) is 6.61. The molecule has 0 unspecified atom stereocenters. The number of nitrogens with one attached hydrogen (secondary N) is 1. The zero-order chi connectivity index (χ0) is 15.3. The predicted octanol–water partition coefficient (Wildman–Crippen LogP) is 0.777. The van der Waals surface area contributed by atoms with Crippen molar-refractivity contribution in [3.8, 4) is 0 Å². The van der Waals surface area contributed by atoms with Gasteiger partial charge in [-0.25, -0.2) is 14.6 Å². The van der Waals surface area contributed by atoms with Gasteiger partial charge in [0.25, 0.3) is 0 Å². The van der Waals surface area contributed by atoms with Crippen LogP contribution >= 0.6 is 11.8 Å². The van der Waals surface area contributed by atoms with E-state index in [1.807, 2.05) is 18.5 Å². The van der Waals surface area contributed by atoms with Gasteiger partial charge in [-0.1, -0.05) is 0 Å². The molecule has 8 nitrogen and oxygen atoms in total. The van der Waals surface area contributed by atoms with E-state index in [4.69, 9.17) is 4.98 Å². The van der Waals surface area contributed by atoms with E-state index < -0.39 is 0 Å². The quantitative estimate of drug-likeness (QED) is 0.660. The van der Waals surface area contributed by atoms with E-state index >= 15 is 0 Å². The van der Waals surface area contributed by atoms with Crippen molar-refractivity contribution in [1.82, 2.24) is 29.7 Å². The highest BCUT2D eigenvalue weighted by atomic mass is 32.2. The molecule has 0 spiro atoms. The Morgan fingerprint density at radius 2 is 1.82 bits per heavy atom. The third-order valence-electron chi connectivity index (χ3n) is 4.04. The van der Waals surface area contributed by atoms with E-state index in [2.05, 4.69) is 37.5 Å². The van der Waals surface area contributed by atoms with Crippen molar-refractivity contribution in [2.24, 2.45) is 0 Å². The lowest BCUT2D eigenvalue weighted by molar-refractivity contribution is 0.311. The Balaban J connectivity index is 1.67. The van der Waals surface area contributed by atoms with Crippen molar-refractivity contribution in [1.29, 1.82) is 0 Å². The van der Waals surface area contributed by atoms with E-state index in [1.165, 1.54) is 11.8 Å². The summed E-state index contributed by atoms with van der Waals surface area (Å²) < 4.78 is 1.87. The van der Waals surface area contributed by atoms with Crippen molar-refractivity contribution in [3.05, 3.63) is 11.5 Å². The zero-order valence-electron chi connectivity index (χ0n) is 12.9. The van der Waals surface area contributed by atoms with E-state index in [-0.39, 0.29) is 0 Å². The fourth-order valence-corrected chi connectivity index (χ4v) is 3.57. The first-order chi connectivity index (χ1) is 10.6. The van der Waals surface area contributed by atoms with Crippen molar-refractivity contribution >= 4 is 23.4 Å². The Labute approximate surface area is 132 Å². The fourth-order valence-electron chi connectivity index (χ4n) is 2.62. The number of aryl methyl sites for hydroxylation is 2. The molecule has 1 fully saturated rings. The van der Waals surface area contributed by atoms with Gasteiger partial charge >= 0.3 is 0 Å². The molecule has 9 heteroatoms. The van der Waals surface area contributed by atoms with Crippen LogP contribution in [0.2, 0.25) is 0 Å². The van der Waals surface area contributed by atoms with Gasteiger partial charge in [0, 0.05) is 26.2 Å². The Bertz CT molecular complexity index is 719. The Morgan fingerprint density at radius 1 is 1.05 bits per heavy atom. The van der Waals surface area contributed by atoms with Crippen molar-refractivity contribution in [2.45, 2.75) is 24.0 Å². The molecule has 1 N–H and O–H groups in total. The SMILES string of the molecule is Cc1nc(N2CCN(C)CC2)nc2c1Nn1c(C)nnc1S2. The van der Waals surface area contributed by atoms with E-state index in [9.17, 15) is 0 Å². The molecule has 4 heterocycles. The molecule has 0 aliphatic carbocycles. The summed E-state index contributed by atoms with van der Waals surface area (Å²) in [5.74, 6) is 1.64. The maximum atomic E-state index is 4.75. The number of hydrogen-bond donors (Lipinski definition) is 1. The Morgan fingerprint density at radius 3 is 2.59 bits per heavy atom. The first-order valence-corrected chi connectivity index (χ1v) is 8.12. The van der Waals surface area contributed by atoms with Crippen LogP contribution in [0.15, 0.2) is 10.2 Å². The summed E-state index contributed by atoms with van der Waals surface area (Å²) in [5.41, 5.74) is 5.21. The molecule has 0 bridgehead atoms. The summed E-state index contributed by atoms with van der Waals surface area (Å²) in [7, 11) is 2.14. The lowest BCUT2D eigenvalue weighted by atomic mass is 10.3. The van der Waals surface area contributed by atoms with Gasteiger partial charge < -0.3 is 9.80 Å². The predicted molar refractivity (Wildman–Crippen MR) is 84.4 cm³/mol. The van der Waals surface area contributed by atoms with Crippen LogP contribution in [-0.4, -0.2) is 63.0 Å². The minimum Gasteiger partial charge on any atom is -0.338 e. The number of nitrogens with zero attached hydrogens (tertiary/aromatic N) is 7. The molecular formula is C13H18N8S. The lowest BCUT2D eigenvalue weighted by Gasteiger charge is -2.33. The van der Waals surface area contributed by atoms with Crippen LogP contribution in [0.3, 0.4) is 0 Å². The molecule has 2 aliphatic heterocycles. The van der Waals surface area contributed by atoms with Gasteiger partial charge in [0.15, 0.2) is 0 Å². The third kappa shape index (κ3) is 2.20. The first-order valence-electron chi connectivity index (χ1n) is 7.31. The maximum absolute atomic E-state index is 4.75. The van der Waals surface area contributed by atoms with E-state index in [1.54, 1.807) is 0 Å². The van der Waals surface area contributed by atoms with Gasteiger partial charge in [0.1, 0.15) is 16.5 Å². The highest BCUT2D eigenvalue weighted by Gasteiger charge is 2.25. The van der Waals surface area contributed by atoms with Gasteiger partial charge in [-0.05, 0) is 32.7 Å². The first kappa shape index (κ1) is 13.8. The molecule has 2 aliphatic rings. The fraction of sp³-hybridized carbons (Fsp3) is 0.538. The molecule has 0 aromatic carbocycles. The number of aromatic nitrogens is 5. The molecular weight excluding hydrogens is 300 g/mol. The topological polar surface area (TPSA) is 75.0 Å². The zero-order valence-corrected chi connectivity index (χ0v) is 13.7. The highest BCUT2D eigenvalue weighted by Crippen LogP contribution is 2.37. The average molecular weight is 318 g/mol. The highest BCUT2D eigenvalue weighted by molar-refractivity contribution is 7.99. The van der Waals surface area contributed by atoms with Crippen LogP contribution in [0.1, 0.15) is 11.5 Å². The number of rotatable bonds is 1. The smallest absolute Gasteiger partial charge is 0.226 e. The van der Waals surface area contributed by atoms with Crippen LogP contribution in [0.25, 0.3) is 0 Å². The summed E-state index contributed by atoms with van der Waals surface area (Å²) in [6.07, 6.45) is 0. The number of fused-ring (bicyclic) bond motifs is 2. The van der Waals surface area contributed by atoms with Crippen LogP contribution in [0, 0.1) is 13.8 Å². The van der Waals surface area contributed by atoms with Crippen LogP contribution in [-0.2, 0) is 0 Å². The lowest BCUT2D eigenvalue weighted by Crippen LogP contribution is -2.45. The second-order valence-electron chi connectivity index (χ2n) is 5.66. The Hall–Kier alpha value is -1.87. The van der Waals surface area contributed by atoms with Gasteiger partial charge in [0.05, 0.1) is 5.69 Å². The van der Waals surface area contributed by atoms with E-state index in [0.29, 0.717) is 0 Å². The normalized spacial score (nSPS) is 17.9. The maximum Gasteiger partial charge on any atom is 0.226 e. The van der Waals surface area contributed by atoms with E-state index in [0.717, 1.165) is 59.5 Å². The molecule has 2 aromatic heterocycles. The largest absolute Gasteiger partial charge is 0.338 e. The van der Waals surface area contributed by atoms with Gasteiger partial charge in [0.2, 0.25) is 11.1 Å². The van der Waals surface area contributed by atoms with Crippen LogP contribution in [0.4, 0.5) is 11.6 Å². The molecule has 0 radical (unpaired) electrons. The molecule has 1 saturated heterocycles. The van der Waals surface area contributed by atoms with Crippen molar-refractivity contribution in [2.75, 3.05) is 43.6 Å². The van der Waals surface area contributed by atoms with Crippen LogP contribution in [0.5, 0.6) is 0 Å². The molecule has 0 atom stereocenters. The molecule has 116 valence electrons. The molecule has 4 rings (SSSR count). The number of anilines is 2. The van der Waals surface area contributed by atoms with Crippen molar-refractivity contribution < 1.29 is 0 Å². The number of piperazine rings is 1. The standard InChI is InChI=1S/C13H18N8S/c1-8-10-11(22-13-17-16-9(2)21(13)18-10)15-12(14-8)20-6-4-19(3)5-7-20/h18H,4-7H2,1-3H3. The average Bonchev–Trinajstić information content (AvgIpc) is 2.87. The minimum atomic E-state index is 0.809. The minimum absolute atomic E-state index is 0.809. The number of likely N-dealkylation sites (N-methyl/N-ethyl adjacent to an activating group) is 1. The monoisotopic (exact) mass is 318 g/mol. The van der Waals surface area contributed by atoms with Gasteiger partial charge in [-0.3, -0.25) is 5.43 Å². The summed E-state index contributed by atoms with van der Waals surface area (Å²) in [6, 6.07) is 0. The number of hydrogen-bond acceptors (Lipinski definition) is 8. The van der Waals surface area contributed by atoms with Crippen LogP contribution < -0.4 is 10.3 Å². The van der Waals surface area contributed by atoms with Gasteiger partial charge in [-0.15, -0.1) is 10.2 Å². The molecule has 0 amide bonds.